The second-order valence-electron chi connectivity index (χ2n) is 6.93. The summed E-state index contributed by atoms with van der Waals surface area (Å²) < 4.78 is 16.1. The van der Waals surface area contributed by atoms with E-state index in [1.807, 2.05) is 37.3 Å². The lowest BCUT2D eigenvalue weighted by atomic mass is 10.00. The van der Waals surface area contributed by atoms with Crippen molar-refractivity contribution in [1.82, 2.24) is 0 Å². The Kier molecular flexibility index (Phi) is 5.35. The minimum Gasteiger partial charge on any atom is -0.497 e. The first-order valence-corrected chi connectivity index (χ1v) is 9.51. The normalized spacial score (nSPS) is 10.7. The fourth-order valence-corrected chi connectivity index (χ4v) is 3.34. The molecule has 0 atom stereocenters. The molecule has 4 rings (SSSR count). The average Bonchev–Trinajstić information content (AvgIpc) is 2.77. The summed E-state index contributed by atoms with van der Waals surface area (Å²) in [6, 6.07) is 21.5. The highest BCUT2D eigenvalue weighted by atomic mass is 16.5. The van der Waals surface area contributed by atoms with Gasteiger partial charge in [-0.25, -0.2) is 9.59 Å². The van der Waals surface area contributed by atoms with E-state index in [2.05, 4.69) is 0 Å². The van der Waals surface area contributed by atoms with Crippen molar-refractivity contribution in [2.75, 3.05) is 7.11 Å². The van der Waals surface area contributed by atoms with Gasteiger partial charge >= 0.3 is 11.6 Å². The van der Waals surface area contributed by atoms with E-state index in [1.54, 1.807) is 49.6 Å². The lowest BCUT2D eigenvalue weighted by Gasteiger charge is -2.10. The van der Waals surface area contributed by atoms with Gasteiger partial charge < -0.3 is 13.9 Å². The number of fused-ring (bicyclic) bond motifs is 1. The highest BCUT2D eigenvalue weighted by Gasteiger charge is 2.14. The number of rotatable bonds is 5. The number of ether oxygens (including phenoxy) is 2. The maximum atomic E-state index is 12.6. The fourth-order valence-electron chi connectivity index (χ4n) is 3.34. The molecule has 0 bridgehead atoms. The van der Waals surface area contributed by atoms with Crippen LogP contribution >= 0.6 is 0 Å². The van der Waals surface area contributed by atoms with Crippen LogP contribution in [0.2, 0.25) is 0 Å². The maximum absolute atomic E-state index is 12.6. The van der Waals surface area contributed by atoms with E-state index in [0.29, 0.717) is 34.6 Å². The van der Waals surface area contributed by atoms with Crippen LogP contribution in [0.5, 0.6) is 11.5 Å². The molecule has 0 radical (unpaired) electrons. The molecule has 0 spiro atoms. The standard InChI is InChI=1S/C25H20O5/c1-16-21-13-12-20(29-24(26)18-8-10-19(28-2)11-9-18)15-23(21)30-25(27)22(16)14-17-6-4-3-5-7-17/h3-13,15H,14H2,1-2H3. The van der Waals surface area contributed by atoms with E-state index < -0.39 is 5.97 Å². The number of aryl methyl sites for hydroxylation is 1. The predicted octanol–water partition coefficient (Wildman–Crippen LogP) is 4.92. The summed E-state index contributed by atoms with van der Waals surface area (Å²) in [5.41, 5.74) is 2.91. The van der Waals surface area contributed by atoms with Crippen LogP contribution in [0.3, 0.4) is 0 Å². The molecular weight excluding hydrogens is 380 g/mol. The fraction of sp³-hybridized carbons (Fsp3) is 0.120. The Hall–Kier alpha value is -3.86. The van der Waals surface area contributed by atoms with Gasteiger partial charge in [0.25, 0.3) is 0 Å². The van der Waals surface area contributed by atoms with Crippen molar-refractivity contribution >= 4 is 16.9 Å². The Morgan fingerprint density at radius 3 is 2.33 bits per heavy atom. The van der Waals surface area contributed by atoms with Crippen molar-refractivity contribution in [1.29, 1.82) is 0 Å². The molecular formula is C25H20O5. The Balaban J connectivity index is 1.62. The zero-order valence-corrected chi connectivity index (χ0v) is 16.7. The smallest absolute Gasteiger partial charge is 0.343 e. The number of hydrogen-bond acceptors (Lipinski definition) is 5. The lowest BCUT2D eigenvalue weighted by molar-refractivity contribution is 0.0735. The molecule has 3 aromatic carbocycles. The molecule has 30 heavy (non-hydrogen) atoms. The molecule has 1 heterocycles. The molecule has 0 saturated carbocycles. The SMILES string of the molecule is COc1ccc(C(=O)Oc2ccc3c(C)c(Cc4ccccc4)c(=O)oc3c2)cc1. The summed E-state index contributed by atoms with van der Waals surface area (Å²) in [6.07, 6.45) is 0.499. The zero-order chi connectivity index (χ0) is 21.1. The highest BCUT2D eigenvalue weighted by Crippen LogP contribution is 2.26. The maximum Gasteiger partial charge on any atom is 0.343 e. The Labute approximate surface area is 173 Å². The van der Waals surface area contributed by atoms with E-state index in [0.717, 1.165) is 16.5 Å². The monoisotopic (exact) mass is 400 g/mol. The van der Waals surface area contributed by atoms with Crippen molar-refractivity contribution in [2.45, 2.75) is 13.3 Å². The second kappa shape index (κ2) is 8.25. The molecule has 0 unspecified atom stereocenters. The number of esters is 1. The number of hydrogen-bond donors (Lipinski definition) is 0. The first-order valence-electron chi connectivity index (χ1n) is 9.51. The van der Waals surface area contributed by atoms with Gasteiger partial charge in [-0.2, -0.15) is 0 Å². The van der Waals surface area contributed by atoms with E-state index >= 15 is 0 Å². The van der Waals surface area contributed by atoms with Gasteiger partial charge in [-0.3, -0.25) is 0 Å². The summed E-state index contributed by atoms with van der Waals surface area (Å²) in [4.78, 5) is 25.0. The third-order valence-electron chi connectivity index (χ3n) is 5.02. The Bertz CT molecular complexity index is 1250. The summed E-state index contributed by atoms with van der Waals surface area (Å²) in [5, 5.41) is 0.810. The van der Waals surface area contributed by atoms with Crippen LogP contribution in [0.15, 0.2) is 82.0 Å². The molecule has 0 aliphatic carbocycles. The van der Waals surface area contributed by atoms with Crippen molar-refractivity contribution in [3.8, 4) is 11.5 Å². The van der Waals surface area contributed by atoms with Crippen LogP contribution in [0.25, 0.3) is 11.0 Å². The minimum atomic E-state index is -0.503. The van der Waals surface area contributed by atoms with Crippen molar-refractivity contribution in [3.63, 3.8) is 0 Å². The molecule has 1 aromatic heterocycles. The van der Waals surface area contributed by atoms with Gasteiger partial charge in [-0.05, 0) is 54.4 Å². The summed E-state index contributed by atoms with van der Waals surface area (Å²) in [7, 11) is 1.56. The molecule has 0 amide bonds. The van der Waals surface area contributed by atoms with Crippen LogP contribution in [0.4, 0.5) is 0 Å². The third-order valence-corrected chi connectivity index (χ3v) is 5.02. The van der Waals surface area contributed by atoms with E-state index in [-0.39, 0.29) is 5.63 Å². The average molecular weight is 400 g/mol. The first-order chi connectivity index (χ1) is 14.5. The van der Waals surface area contributed by atoms with Crippen LogP contribution in [-0.2, 0) is 6.42 Å². The second-order valence-corrected chi connectivity index (χ2v) is 6.93. The zero-order valence-electron chi connectivity index (χ0n) is 16.7. The van der Waals surface area contributed by atoms with Gasteiger partial charge in [0.2, 0.25) is 0 Å². The molecule has 0 aliphatic heterocycles. The number of benzene rings is 3. The van der Waals surface area contributed by atoms with Gasteiger partial charge in [0.15, 0.2) is 0 Å². The molecule has 0 saturated heterocycles. The summed E-state index contributed by atoms with van der Waals surface area (Å²) in [6.45, 7) is 1.90. The molecule has 0 N–H and O–H groups in total. The lowest BCUT2D eigenvalue weighted by Crippen LogP contribution is -2.11. The van der Waals surface area contributed by atoms with E-state index in [9.17, 15) is 9.59 Å². The number of carbonyl (C=O) groups excluding carboxylic acids is 1. The topological polar surface area (TPSA) is 65.7 Å². The summed E-state index contributed by atoms with van der Waals surface area (Å²) >= 11 is 0. The minimum absolute atomic E-state index is 0.307. The van der Waals surface area contributed by atoms with Crippen molar-refractivity contribution in [2.24, 2.45) is 0 Å². The Morgan fingerprint density at radius 2 is 1.63 bits per heavy atom. The van der Waals surface area contributed by atoms with Crippen LogP contribution in [0, 0.1) is 6.92 Å². The van der Waals surface area contributed by atoms with Crippen LogP contribution < -0.4 is 15.1 Å². The quantitative estimate of drug-likeness (QED) is 0.270. The van der Waals surface area contributed by atoms with Gasteiger partial charge in [-0.1, -0.05) is 30.3 Å². The van der Waals surface area contributed by atoms with Gasteiger partial charge in [0.1, 0.15) is 17.1 Å². The van der Waals surface area contributed by atoms with E-state index in [4.69, 9.17) is 13.9 Å². The van der Waals surface area contributed by atoms with Crippen molar-refractivity contribution < 1.29 is 18.7 Å². The molecule has 5 heteroatoms. The van der Waals surface area contributed by atoms with Gasteiger partial charge in [0.05, 0.1) is 12.7 Å². The first kappa shape index (κ1) is 19.5. The molecule has 0 fully saturated rings. The number of methoxy groups -OCH3 is 1. The highest BCUT2D eigenvalue weighted by molar-refractivity contribution is 5.92. The van der Waals surface area contributed by atoms with Crippen molar-refractivity contribution in [3.05, 3.63) is 105 Å². The summed E-state index contributed by atoms with van der Waals surface area (Å²) in [5.74, 6) is 0.458. The molecule has 4 aromatic rings. The number of carbonyl (C=O) groups is 1. The largest absolute Gasteiger partial charge is 0.497 e. The third kappa shape index (κ3) is 3.96. The molecule has 5 nitrogen and oxygen atoms in total. The van der Waals surface area contributed by atoms with Gasteiger partial charge in [0, 0.05) is 23.4 Å². The predicted molar refractivity (Wildman–Crippen MR) is 114 cm³/mol. The van der Waals surface area contributed by atoms with Crippen LogP contribution in [0.1, 0.15) is 27.0 Å². The molecule has 0 aliphatic rings. The molecule has 150 valence electrons. The van der Waals surface area contributed by atoms with Crippen LogP contribution in [-0.4, -0.2) is 13.1 Å². The Morgan fingerprint density at radius 1 is 0.933 bits per heavy atom. The van der Waals surface area contributed by atoms with E-state index in [1.165, 1.54) is 0 Å². The van der Waals surface area contributed by atoms with Gasteiger partial charge in [-0.15, -0.1) is 0 Å².